The third kappa shape index (κ3) is 7.58. The van der Waals surface area contributed by atoms with Crippen LogP contribution in [0.15, 0.2) is 170 Å². The first kappa shape index (κ1) is 38.5. The molecule has 59 heavy (non-hydrogen) atoms. The smallest absolute Gasteiger partial charge is 0 e. The second-order valence-corrected chi connectivity index (χ2v) is 17.6. The van der Waals surface area contributed by atoms with Crippen LogP contribution in [-0.2, 0) is 26.5 Å². The van der Waals surface area contributed by atoms with Crippen LogP contribution >= 0.6 is 0 Å². The van der Waals surface area contributed by atoms with Crippen molar-refractivity contribution >= 4 is 64.0 Å². The SMILES string of the molecule is CC(C)(C)c1ccnc(N2c3[c-]c(Oc4[c-]c(N5[CH-]N(c6cc(-c7ccccc7)cc(-c7ccccc7)c6)c6ccccc65)ccc4)ccc3[Se]c3cccnc32)c1.[Pt]. The largest absolute Gasteiger partial charge is 0 e. The van der Waals surface area contributed by atoms with E-state index in [0.29, 0.717) is 11.5 Å². The van der Waals surface area contributed by atoms with Crippen LogP contribution in [0, 0.1) is 18.8 Å². The Hall–Kier alpha value is -5.97. The average Bonchev–Trinajstić information content (AvgIpc) is 3.66. The maximum Gasteiger partial charge on any atom is 0 e. The van der Waals surface area contributed by atoms with Gasteiger partial charge >= 0.3 is 241 Å². The Bertz CT molecular complexity index is 2730. The minimum absolute atomic E-state index is 0. The number of fused-ring (bicyclic) bond motifs is 3. The summed E-state index contributed by atoms with van der Waals surface area (Å²) in [6, 6.07) is 62.2. The molecular formula is C51H38N5OPtSe-3. The Morgan fingerprint density at radius 2 is 1.25 bits per heavy atom. The van der Waals surface area contributed by atoms with Crippen LogP contribution in [0.2, 0.25) is 0 Å². The molecular weight excluding hydrogens is 973 g/mol. The van der Waals surface area contributed by atoms with Crippen LogP contribution in [0.1, 0.15) is 26.3 Å². The molecule has 0 bridgehead atoms. The van der Waals surface area contributed by atoms with Gasteiger partial charge in [0.2, 0.25) is 0 Å². The van der Waals surface area contributed by atoms with E-state index in [0.717, 1.165) is 51.2 Å². The number of anilines is 7. The molecule has 0 saturated carbocycles. The van der Waals surface area contributed by atoms with E-state index in [2.05, 4.69) is 188 Å². The second-order valence-electron chi connectivity index (χ2n) is 15.3. The third-order valence-corrected chi connectivity index (χ3v) is 12.7. The summed E-state index contributed by atoms with van der Waals surface area (Å²) >= 11 is 0.0471. The fourth-order valence-corrected chi connectivity index (χ4v) is 9.54. The van der Waals surface area contributed by atoms with E-state index in [-0.39, 0.29) is 41.4 Å². The quantitative estimate of drug-likeness (QED) is 0.117. The van der Waals surface area contributed by atoms with Gasteiger partial charge in [-0.3, -0.25) is 0 Å². The molecule has 2 aliphatic rings. The molecule has 6 nitrogen and oxygen atoms in total. The summed E-state index contributed by atoms with van der Waals surface area (Å²) in [6.45, 7) is 8.80. The molecule has 8 aromatic rings. The van der Waals surface area contributed by atoms with Crippen molar-refractivity contribution in [3.63, 3.8) is 0 Å². The summed E-state index contributed by atoms with van der Waals surface area (Å²) in [4.78, 5) is 16.3. The van der Waals surface area contributed by atoms with Crippen molar-refractivity contribution in [2.75, 3.05) is 14.7 Å². The molecule has 0 amide bonds. The van der Waals surface area contributed by atoms with E-state index in [9.17, 15) is 0 Å². The number of ether oxygens (including phenoxy) is 1. The molecule has 2 aromatic heterocycles. The molecule has 292 valence electrons. The van der Waals surface area contributed by atoms with Gasteiger partial charge in [0.05, 0.1) is 0 Å². The zero-order chi connectivity index (χ0) is 39.2. The fourth-order valence-electron chi connectivity index (χ4n) is 7.45. The van der Waals surface area contributed by atoms with Crippen LogP contribution in [0.4, 0.5) is 40.1 Å². The van der Waals surface area contributed by atoms with E-state index in [1.54, 1.807) is 0 Å². The number of para-hydroxylation sites is 2. The Labute approximate surface area is 366 Å². The van der Waals surface area contributed by atoms with Crippen LogP contribution in [0.3, 0.4) is 0 Å². The monoisotopic (exact) mass is 1010 g/mol. The first-order chi connectivity index (χ1) is 28.4. The minimum atomic E-state index is -0.0374. The van der Waals surface area contributed by atoms with Crippen LogP contribution < -0.4 is 28.4 Å². The van der Waals surface area contributed by atoms with Crippen molar-refractivity contribution in [2.24, 2.45) is 0 Å². The van der Waals surface area contributed by atoms with E-state index in [1.165, 1.54) is 25.6 Å². The predicted molar refractivity (Wildman–Crippen MR) is 237 cm³/mol. The van der Waals surface area contributed by atoms with Gasteiger partial charge in [-0.1, -0.05) is 66.7 Å². The zero-order valence-corrected chi connectivity index (χ0v) is 36.6. The maximum atomic E-state index is 6.60. The number of hydrogen-bond donors (Lipinski definition) is 0. The molecule has 8 heteroatoms. The molecule has 10 rings (SSSR count). The van der Waals surface area contributed by atoms with Gasteiger partial charge in [-0.05, 0) is 40.5 Å². The van der Waals surface area contributed by atoms with Gasteiger partial charge in [-0.15, -0.1) is 0 Å². The van der Waals surface area contributed by atoms with Crippen molar-refractivity contribution in [3.05, 3.63) is 194 Å². The average molecular weight is 1010 g/mol. The molecule has 4 heterocycles. The Morgan fingerprint density at radius 1 is 0.576 bits per heavy atom. The van der Waals surface area contributed by atoms with Crippen LogP contribution in [0.25, 0.3) is 22.3 Å². The van der Waals surface area contributed by atoms with Gasteiger partial charge < -0.3 is 0 Å². The van der Waals surface area contributed by atoms with Gasteiger partial charge in [0, 0.05) is 21.1 Å². The molecule has 0 radical (unpaired) electrons. The third-order valence-electron chi connectivity index (χ3n) is 10.4. The van der Waals surface area contributed by atoms with E-state index in [4.69, 9.17) is 14.7 Å². The summed E-state index contributed by atoms with van der Waals surface area (Å²) in [5.41, 5.74) is 10.8. The Kier molecular flexibility index (Phi) is 10.4. The minimum Gasteiger partial charge on any atom is 0 e. The molecule has 6 aromatic carbocycles. The van der Waals surface area contributed by atoms with Gasteiger partial charge in [0.1, 0.15) is 0 Å². The molecule has 0 unspecified atom stereocenters. The Balaban J connectivity index is 0.00000449. The number of aromatic nitrogens is 2. The molecule has 0 aliphatic carbocycles. The summed E-state index contributed by atoms with van der Waals surface area (Å²) in [5, 5.41) is 0. The summed E-state index contributed by atoms with van der Waals surface area (Å²) < 4.78 is 8.99. The predicted octanol–water partition coefficient (Wildman–Crippen LogP) is 11.3. The standard InChI is InChI=1S/C51H38N5OSe.Pt/c1-51(2,3)39-25-27-52-49(31-39)56-46-33-43(23-24-47(46)58-48-22-13-26-53-50(48)56)57-42-19-12-18-40(32-42)54-34-55(45-21-11-10-20-44(45)54)41-29-37(35-14-6-4-7-15-35)28-38(30-41)36-16-8-5-9-17-36;/h4-31,34H,1-3H3;/q-3;. The van der Waals surface area contributed by atoms with E-state index < -0.39 is 0 Å². The summed E-state index contributed by atoms with van der Waals surface area (Å²) in [5.74, 6) is 2.88. The van der Waals surface area contributed by atoms with Crippen molar-refractivity contribution in [3.8, 4) is 33.8 Å². The number of hydrogen-bond acceptors (Lipinski definition) is 6. The zero-order valence-electron chi connectivity index (χ0n) is 32.6. The number of nitrogens with zero attached hydrogens (tertiary/aromatic N) is 5. The molecule has 0 atom stereocenters. The first-order valence-corrected chi connectivity index (χ1v) is 21.0. The molecule has 2 aliphatic heterocycles. The number of benzene rings is 6. The topological polar surface area (TPSA) is 44.7 Å². The van der Waals surface area contributed by atoms with Gasteiger partial charge in [-0.25, -0.2) is 0 Å². The maximum absolute atomic E-state index is 6.60. The second kappa shape index (κ2) is 16.0. The van der Waals surface area contributed by atoms with E-state index >= 15 is 0 Å². The normalized spacial score (nSPS) is 13.0. The molecule has 0 N–H and O–H groups in total. The van der Waals surface area contributed by atoms with Crippen LogP contribution in [-0.4, -0.2) is 24.9 Å². The fraction of sp³-hybridized carbons (Fsp3) is 0.0784. The molecule has 0 saturated heterocycles. The Morgan fingerprint density at radius 3 is 1.97 bits per heavy atom. The van der Waals surface area contributed by atoms with Crippen LogP contribution in [0.5, 0.6) is 11.5 Å². The molecule has 0 fully saturated rings. The number of pyridine rings is 2. The van der Waals surface area contributed by atoms with Gasteiger partial charge in [-0.2, -0.15) is 0 Å². The van der Waals surface area contributed by atoms with Crippen molar-refractivity contribution in [1.82, 2.24) is 9.97 Å². The van der Waals surface area contributed by atoms with Gasteiger partial charge in [0.25, 0.3) is 0 Å². The summed E-state index contributed by atoms with van der Waals surface area (Å²) in [7, 11) is 0. The van der Waals surface area contributed by atoms with Gasteiger partial charge in [0.15, 0.2) is 0 Å². The van der Waals surface area contributed by atoms with E-state index in [1.807, 2.05) is 36.7 Å². The van der Waals surface area contributed by atoms with Crippen molar-refractivity contribution in [2.45, 2.75) is 26.2 Å². The summed E-state index contributed by atoms with van der Waals surface area (Å²) in [6.07, 6.45) is 3.73. The first-order valence-electron chi connectivity index (χ1n) is 19.3. The molecule has 0 spiro atoms. The van der Waals surface area contributed by atoms with Crippen molar-refractivity contribution < 1.29 is 25.8 Å². The van der Waals surface area contributed by atoms with Crippen molar-refractivity contribution in [1.29, 1.82) is 0 Å². The number of rotatable bonds is 7.